The molecular weight excluding hydrogens is 442 g/mol. The third kappa shape index (κ3) is 5.01. The molecule has 4 heterocycles. The summed E-state index contributed by atoms with van der Waals surface area (Å²) in [5.41, 5.74) is 6.42. The van der Waals surface area contributed by atoms with Crippen molar-refractivity contribution in [3.63, 3.8) is 0 Å². The van der Waals surface area contributed by atoms with Crippen LogP contribution < -0.4 is 10.6 Å². The van der Waals surface area contributed by atoms with Gasteiger partial charge in [-0.3, -0.25) is 19.7 Å². The second-order valence-corrected chi connectivity index (χ2v) is 8.63. The number of carbonyl (C=O) groups excluding carboxylic acids is 1. The van der Waals surface area contributed by atoms with E-state index < -0.39 is 0 Å². The molecule has 1 aliphatic heterocycles. The van der Waals surface area contributed by atoms with Gasteiger partial charge in [-0.05, 0) is 37.3 Å². The molecule has 0 bridgehead atoms. The average molecular weight is 472 g/mol. The minimum atomic E-state index is -0.251. The fourth-order valence-corrected chi connectivity index (χ4v) is 4.49. The Hall–Kier alpha value is -3.82. The zero-order valence-electron chi connectivity index (χ0n) is 19.9. The van der Waals surface area contributed by atoms with Gasteiger partial charge in [-0.15, -0.1) is 0 Å². The number of imidazole rings is 1. The van der Waals surface area contributed by atoms with Gasteiger partial charge >= 0.3 is 5.97 Å². The molecule has 4 aromatic rings. The smallest absolute Gasteiger partial charge is 0.324 e. The number of pyridine rings is 2. The van der Waals surface area contributed by atoms with Gasteiger partial charge in [0.25, 0.3) is 0 Å². The Morgan fingerprint density at radius 2 is 2.14 bits per heavy atom. The number of methoxy groups -OCH3 is 1. The quantitative estimate of drug-likeness (QED) is 0.353. The highest BCUT2D eigenvalue weighted by atomic mass is 16.5. The van der Waals surface area contributed by atoms with E-state index in [0.29, 0.717) is 13.1 Å². The summed E-state index contributed by atoms with van der Waals surface area (Å²) in [6.45, 7) is 5.69. The van der Waals surface area contributed by atoms with Crippen LogP contribution in [0.4, 0.5) is 5.69 Å². The number of piperazine rings is 1. The van der Waals surface area contributed by atoms with E-state index in [9.17, 15) is 4.79 Å². The van der Waals surface area contributed by atoms with Crippen molar-refractivity contribution in [3.8, 4) is 22.6 Å². The molecule has 0 spiro atoms. The highest BCUT2D eigenvalue weighted by Crippen LogP contribution is 2.30. The maximum absolute atomic E-state index is 12.1. The predicted octanol–water partition coefficient (Wildman–Crippen LogP) is 2.85. The Kier molecular flexibility index (Phi) is 6.69. The Bertz CT molecular complexity index is 1340. The summed E-state index contributed by atoms with van der Waals surface area (Å²) in [4.78, 5) is 31.3. The van der Waals surface area contributed by atoms with Crippen LogP contribution in [-0.2, 0) is 9.53 Å². The van der Waals surface area contributed by atoms with Crippen molar-refractivity contribution >= 4 is 22.6 Å². The lowest BCUT2D eigenvalue weighted by molar-refractivity contribution is -0.147. The van der Waals surface area contributed by atoms with E-state index >= 15 is 0 Å². The van der Waals surface area contributed by atoms with Crippen LogP contribution >= 0.6 is 0 Å². The second-order valence-electron chi connectivity index (χ2n) is 8.63. The zero-order chi connectivity index (χ0) is 24.2. The minimum Gasteiger partial charge on any atom is -0.468 e. The third-order valence-corrected chi connectivity index (χ3v) is 6.29. The van der Waals surface area contributed by atoms with Crippen LogP contribution in [0, 0.1) is 6.92 Å². The Balaban J connectivity index is 1.32. The molecule has 5 rings (SSSR count). The van der Waals surface area contributed by atoms with Gasteiger partial charge in [-0.25, -0.2) is 4.98 Å². The van der Waals surface area contributed by atoms with E-state index in [4.69, 9.17) is 4.74 Å². The summed E-state index contributed by atoms with van der Waals surface area (Å²) in [5, 5.41) is 7.73. The molecule has 0 radical (unpaired) electrons. The van der Waals surface area contributed by atoms with Crippen LogP contribution in [0.15, 0.2) is 55.0 Å². The molecule has 1 fully saturated rings. The standard InChI is InChI=1S/C26H29N7O2/c1-17-4-3-5-22(32-17)25-24(30-16-31-25)18-6-7-21-19(12-18)13-20(14-29-21)28-9-11-33-10-8-27-15-23(33)26(34)35-2/h3-7,12-14,16,23,27-28H,8-11,15H2,1-2H3,(H,30,31)/t23-/m1/s1. The molecular formula is C26H29N7O2. The van der Waals surface area contributed by atoms with Crippen LogP contribution in [0.3, 0.4) is 0 Å². The number of anilines is 1. The largest absolute Gasteiger partial charge is 0.468 e. The van der Waals surface area contributed by atoms with E-state index in [1.807, 2.05) is 43.5 Å². The Labute approximate surface area is 204 Å². The van der Waals surface area contributed by atoms with Crippen LogP contribution in [0.1, 0.15) is 5.69 Å². The van der Waals surface area contributed by atoms with Gasteiger partial charge in [-0.1, -0.05) is 12.1 Å². The second kappa shape index (κ2) is 10.2. The van der Waals surface area contributed by atoms with E-state index in [1.165, 1.54) is 7.11 Å². The lowest BCUT2D eigenvalue weighted by atomic mass is 10.0. The summed E-state index contributed by atoms with van der Waals surface area (Å²) in [7, 11) is 1.44. The zero-order valence-corrected chi connectivity index (χ0v) is 19.9. The molecule has 0 aliphatic carbocycles. The number of H-pyrrole nitrogens is 1. The van der Waals surface area contributed by atoms with Crippen molar-refractivity contribution in [1.29, 1.82) is 0 Å². The third-order valence-electron chi connectivity index (χ3n) is 6.29. The monoisotopic (exact) mass is 471 g/mol. The number of nitrogens with one attached hydrogen (secondary N) is 3. The molecule has 0 saturated carbocycles. The number of hydrogen-bond acceptors (Lipinski definition) is 8. The first kappa shape index (κ1) is 22.9. The molecule has 3 N–H and O–H groups in total. The molecule has 180 valence electrons. The van der Waals surface area contributed by atoms with Crippen molar-refractivity contribution in [2.75, 3.05) is 45.2 Å². The maximum atomic E-state index is 12.1. The highest BCUT2D eigenvalue weighted by molar-refractivity contribution is 5.88. The molecule has 1 aliphatic rings. The van der Waals surface area contributed by atoms with Gasteiger partial charge in [0.1, 0.15) is 6.04 Å². The molecule has 35 heavy (non-hydrogen) atoms. The summed E-state index contributed by atoms with van der Waals surface area (Å²) >= 11 is 0. The van der Waals surface area contributed by atoms with Crippen LogP contribution in [0.25, 0.3) is 33.5 Å². The van der Waals surface area contributed by atoms with Gasteiger partial charge in [0.2, 0.25) is 0 Å². The van der Waals surface area contributed by atoms with E-state index in [2.05, 4.69) is 47.6 Å². The fraction of sp³-hybridized carbons (Fsp3) is 0.308. The molecule has 0 unspecified atom stereocenters. The van der Waals surface area contributed by atoms with Crippen molar-refractivity contribution in [2.24, 2.45) is 0 Å². The number of aryl methyl sites for hydroxylation is 1. The number of fused-ring (bicyclic) bond motifs is 1. The number of esters is 1. The predicted molar refractivity (Wildman–Crippen MR) is 136 cm³/mol. The van der Waals surface area contributed by atoms with Gasteiger partial charge in [0.15, 0.2) is 0 Å². The number of nitrogens with zero attached hydrogens (tertiary/aromatic N) is 4. The lowest BCUT2D eigenvalue weighted by Crippen LogP contribution is -2.56. The molecule has 9 heteroatoms. The molecule has 9 nitrogen and oxygen atoms in total. The fourth-order valence-electron chi connectivity index (χ4n) is 4.49. The molecule has 1 atom stereocenters. The van der Waals surface area contributed by atoms with Crippen molar-refractivity contribution < 1.29 is 9.53 Å². The summed E-state index contributed by atoms with van der Waals surface area (Å²) in [6.07, 6.45) is 3.54. The SMILES string of the molecule is COC(=O)[C@H]1CNCCN1CCNc1cnc2ccc(-c3nc[nH]c3-c3cccc(C)n3)cc2c1. The average Bonchev–Trinajstić information content (AvgIpc) is 3.38. The Morgan fingerprint density at radius 3 is 3.00 bits per heavy atom. The number of aromatic nitrogens is 4. The van der Waals surface area contributed by atoms with E-state index in [1.54, 1.807) is 6.33 Å². The van der Waals surface area contributed by atoms with Gasteiger partial charge in [0.05, 0.1) is 47.9 Å². The topological polar surface area (TPSA) is 108 Å². The van der Waals surface area contributed by atoms with Crippen LogP contribution in [-0.4, -0.2) is 76.7 Å². The number of ether oxygens (including phenoxy) is 1. The normalized spacial score (nSPS) is 16.3. The first-order valence-corrected chi connectivity index (χ1v) is 11.8. The molecule has 3 aromatic heterocycles. The molecule has 1 aromatic carbocycles. The number of carbonyl (C=O) groups is 1. The van der Waals surface area contributed by atoms with Crippen molar-refractivity contribution in [2.45, 2.75) is 13.0 Å². The number of rotatable bonds is 7. The van der Waals surface area contributed by atoms with E-state index in [-0.39, 0.29) is 12.0 Å². The minimum absolute atomic E-state index is 0.198. The number of benzene rings is 1. The molecule has 1 saturated heterocycles. The summed E-state index contributed by atoms with van der Waals surface area (Å²) < 4.78 is 4.95. The van der Waals surface area contributed by atoms with Crippen LogP contribution in [0.5, 0.6) is 0 Å². The summed E-state index contributed by atoms with van der Waals surface area (Å²) in [6, 6.07) is 14.0. The highest BCUT2D eigenvalue weighted by Gasteiger charge is 2.28. The first-order valence-electron chi connectivity index (χ1n) is 11.8. The number of hydrogen-bond donors (Lipinski definition) is 3. The van der Waals surface area contributed by atoms with E-state index in [0.717, 1.165) is 64.6 Å². The Morgan fingerprint density at radius 1 is 1.23 bits per heavy atom. The van der Waals surface area contributed by atoms with Crippen LogP contribution in [0.2, 0.25) is 0 Å². The van der Waals surface area contributed by atoms with Crippen molar-refractivity contribution in [3.05, 3.63) is 60.7 Å². The summed E-state index contributed by atoms with van der Waals surface area (Å²) in [5.74, 6) is -0.198. The number of aromatic amines is 1. The van der Waals surface area contributed by atoms with Gasteiger partial charge < -0.3 is 20.4 Å². The van der Waals surface area contributed by atoms with Gasteiger partial charge in [-0.2, -0.15) is 0 Å². The maximum Gasteiger partial charge on any atom is 0.324 e. The lowest BCUT2D eigenvalue weighted by Gasteiger charge is -2.34. The van der Waals surface area contributed by atoms with Crippen molar-refractivity contribution in [1.82, 2.24) is 30.2 Å². The first-order chi connectivity index (χ1) is 17.1. The van der Waals surface area contributed by atoms with Gasteiger partial charge in [0, 0.05) is 49.4 Å². The molecule has 0 amide bonds.